The van der Waals surface area contributed by atoms with Crippen molar-refractivity contribution in [2.45, 2.75) is 60.8 Å². The van der Waals surface area contributed by atoms with Gasteiger partial charge in [0.25, 0.3) is 0 Å². The van der Waals surface area contributed by atoms with Gasteiger partial charge in [0.15, 0.2) is 0 Å². The van der Waals surface area contributed by atoms with Crippen molar-refractivity contribution in [2.75, 3.05) is 0 Å². The van der Waals surface area contributed by atoms with Gasteiger partial charge in [-0.2, -0.15) is 0 Å². The van der Waals surface area contributed by atoms with Gasteiger partial charge < -0.3 is 4.42 Å². The van der Waals surface area contributed by atoms with Crippen LogP contribution in [0.1, 0.15) is 57.7 Å². The van der Waals surface area contributed by atoms with Gasteiger partial charge in [0.05, 0.1) is 6.26 Å². The Morgan fingerprint density at radius 3 is 1.79 bits per heavy atom. The number of furan rings is 1. The molecule has 0 atom stereocenters. The van der Waals surface area contributed by atoms with Crippen LogP contribution in [0.3, 0.4) is 0 Å². The molecule has 0 amide bonds. The highest BCUT2D eigenvalue weighted by atomic mass is 32.1. The van der Waals surface area contributed by atoms with Gasteiger partial charge in [0, 0.05) is 11.3 Å². The molecule has 0 radical (unpaired) electrons. The van der Waals surface area contributed by atoms with Gasteiger partial charge in [-0.15, -0.1) is 11.3 Å². The van der Waals surface area contributed by atoms with Crippen LogP contribution in [0.2, 0.25) is 0 Å². The third-order valence-electron chi connectivity index (χ3n) is 3.87. The van der Waals surface area contributed by atoms with Gasteiger partial charge in [0.1, 0.15) is 5.76 Å². The molecule has 154 valence electrons. The van der Waals surface area contributed by atoms with Crippen LogP contribution >= 0.6 is 11.3 Å². The summed E-state index contributed by atoms with van der Waals surface area (Å²) in [5, 5.41) is 2.14. The third kappa shape index (κ3) is 12.6. The average molecular weight is 399 g/mol. The van der Waals surface area contributed by atoms with Crippen LogP contribution in [0.25, 0.3) is 0 Å². The summed E-state index contributed by atoms with van der Waals surface area (Å²) >= 11 is 1.85. The molecule has 0 bridgehead atoms. The van der Waals surface area contributed by atoms with E-state index in [1.165, 1.54) is 23.3 Å². The number of benzene rings is 1. The Morgan fingerprint density at radius 2 is 1.32 bits per heavy atom. The summed E-state index contributed by atoms with van der Waals surface area (Å²) in [6, 6.07) is 18.9. The van der Waals surface area contributed by atoms with E-state index in [2.05, 4.69) is 89.4 Å². The number of thiophene rings is 1. The highest BCUT2D eigenvalue weighted by molar-refractivity contribution is 7.09. The fourth-order valence-electron chi connectivity index (χ4n) is 2.75. The number of rotatable bonds is 6. The van der Waals surface area contributed by atoms with Crippen molar-refractivity contribution in [1.82, 2.24) is 0 Å². The van der Waals surface area contributed by atoms with Gasteiger partial charge in [0.2, 0.25) is 0 Å². The van der Waals surface area contributed by atoms with E-state index >= 15 is 0 Å². The summed E-state index contributed by atoms with van der Waals surface area (Å²) in [4.78, 5) is 1.50. The lowest BCUT2D eigenvalue weighted by Gasteiger charge is -2.02. The van der Waals surface area contributed by atoms with Crippen LogP contribution < -0.4 is 0 Å². The summed E-state index contributed by atoms with van der Waals surface area (Å²) in [7, 11) is 0. The predicted octanol–water partition coefficient (Wildman–Crippen LogP) is 8.31. The third-order valence-corrected chi connectivity index (χ3v) is 4.76. The Balaban J connectivity index is 0.000000210. The Labute approximate surface area is 176 Å². The monoisotopic (exact) mass is 398 g/mol. The quantitative estimate of drug-likeness (QED) is 0.407. The molecule has 1 aromatic carbocycles. The molecular formula is C26H38OS. The van der Waals surface area contributed by atoms with Crippen molar-refractivity contribution >= 4 is 11.3 Å². The lowest BCUT2D eigenvalue weighted by molar-refractivity contribution is 0.472. The van der Waals surface area contributed by atoms with Crippen LogP contribution in [0.5, 0.6) is 0 Å². The smallest absolute Gasteiger partial charge is 0.104 e. The van der Waals surface area contributed by atoms with E-state index in [0.29, 0.717) is 5.92 Å². The fraction of sp³-hybridized carbons (Fsp3) is 0.462. The second-order valence-electron chi connectivity index (χ2n) is 8.44. The van der Waals surface area contributed by atoms with Crippen LogP contribution in [-0.2, 0) is 19.3 Å². The number of hydrogen-bond donors (Lipinski definition) is 0. The largest absolute Gasteiger partial charge is 0.469 e. The average Bonchev–Trinajstić information content (AvgIpc) is 3.29. The SMILES string of the molecule is CC(C)Cc1ccccc1.CC(C)Cc1ccco1.CC(C)Cc1cccs1. The molecule has 0 aliphatic rings. The molecule has 0 spiro atoms. The van der Waals surface area contributed by atoms with Crippen LogP contribution in [0.15, 0.2) is 70.7 Å². The molecule has 2 heteroatoms. The molecule has 0 fully saturated rings. The van der Waals surface area contributed by atoms with E-state index < -0.39 is 0 Å². The Kier molecular flexibility index (Phi) is 12.3. The van der Waals surface area contributed by atoms with Crippen molar-refractivity contribution in [3.63, 3.8) is 0 Å². The molecular weight excluding hydrogens is 360 g/mol. The van der Waals surface area contributed by atoms with E-state index in [4.69, 9.17) is 4.42 Å². The lowest BCUT2D eigenvalue weighted by Crippen LogP contribution is -1.92. The second kappa shape index (κ2) is 14.2. The molecule has 0 saturated heterocycles. The Morgan fingerprint density at radius 1 is 0.679 bits per heavy atom. The molecule has 0 aliphatic carbocycles. The lowest BCUT2D eigenvalue weighted by atomic mass is 10.0. The maximum Gasteiger partial charge on any atom is 0.104 e. The van der Waals surface area contributed by atoms with Crippen LogP contribution in [0, 0.1) is 17.8 Å². The molecule has 1 nitrogen and oxygen atoms in total. The maximum atomic E-state index is 5.14. The molecule has 3 rings (SSSR count). The zero-order valence-corrected chi connectivity index (χ0v) is 19.3. The van der Waals surface area contributed by atoms with E-state index in [9.17, 15) is 0 Å². The first-order chi connectivity index (χ1) is 13.4. The van der Waals surface area contributed by atoms with Gasteiger partial charge in [-0.3, -0.25) is 0 Å². The summed E-state index contributed by atoms with van der Waals surface area (Å²) in [5.74, 6) is 3.34. The maximum absolute atomic E-state index is 5.14. The molecule has 0 saturated carbocycles. The van der Waals surface area contributed by atoms with Crippen molar-refractivity contribution in [3.05, 3.63) is 82.4 Å². The van der Waals surface area contributed by atoms with Crippen molar-refractivity contribution in [3.8, 4) is 0 Å². The minimum Gasteiger partial charge on any atom is -0.469 e. The van der Waals surface area contributed by atoms with Crippen LogP contribution in [-0.4, -0.2) is 0 Å². The first-order valence-corrected chi connectivity index (χ1v) is 11.3. The van der Waals surface area contributed by atoms with E-state index in [1.807, 2.05) is 23.5 Å². The van der Waals surface area contributed by atoms with E-state index in [-0.39, 0.29) is 0 Å². The van der Waals surface area contributed by atoms with E-state index in [0.717, 1.165) is 24.0 Å². The fourth-order valence-corrected chi connectivity index (χ4v) is 3.67. The number of hydrogen-bond acceptors (Lipinski definition) is 2. The first-order valence-electron chi connectivity index (χ1n) is 10.5. The van der Waals surface area contributed by atoms with Gasteiger partial charge in [-0.05, 0) is 59.7 Å². The Hall–Kier alpha value is -1.80. The standard InChI is InChI=1S/C10H14.C8H12O.C8H12S/c1-9(2)8-10-6-4-3-5-7-10;2*1-7(2)6-8-4-3-5-9-8/h3-7,9H,8H2,1-2H3;2*3-5,7H,6H2,1-2H3. The normalized spacial score (nSPS) is 10.5. The molecule has 0 unspecified atom stereocenters. The topological polar surface area (TPSA) is 13.1 Å². The van der Waals surface area contributed by atoms with Gasteiger partial charge >= 0.3 is 0 Å². The first kappa shape index (κ1) is 24.2. The minimum absolute atomic E-state index is 0.691. The highest BCUT2D eigenvalue weighted by Crippen LogP contribution is 2.13. The van der Waals surface area contributed by atoms with Crippen molar-refractivity contribution < 1.29 is 4.42 Å². The van der Waals surface area contributed by atoms with Crippen molar-refractivity contribution in [2.24, 2.45) is 17.8 Å². The molecule has 2 heterocycles. The summed E-state index contributed by atoms with van der Waals surface area (Å²) in [6.45, 7) is 13.4. The second-order valence-corrected chi connectivity index (χ2v) is 9.47. The zero-order chi connectivity index (χ0) is 20.8. The molecule has 3 aromatic rings. The van der Waals surface area contributed by atoms with E-state index in [1.54, 1.807) is 6.26 Å². The molecule has 0 aliphatic heterocycles. The van der Waals surface area contributed by atoms with Crippen molar-refractivity contribution in [1.29, 1.82) is 0 Å². The Bertz CT molecular complexity index is 639. The van der Waals surface area contributed by atoms with Gasteiger partial charge in [-0.1, -0.05) is 77.9 Å². The summed E-state index contributed by atoms with van der Waals surface area (Å²) in [5.41, 5.74) is 1.44. The zero-order valence-electron chi connectivity index (χ0n) is 18.5. The molecule has 0 N–H and O–H groups in total. The summed E-state index contributed by atoms with van der Waals surface area (Å²) < 4.78 is 5.14. The molecule has 28 heavy (non-hydrogen) atoms. The minimum atomic E-state index is 0.691. The summed E-state index contributed by atoms with van der Waals surface area (Å²) in [6.07, 6.45) is 5.20. The predicted molar refractivity (Wildman–Crippen MR) is 125 cm³/mol. The highest BCUT2D eigenvalue weighted by Gasteiger charge is 1.98. The van der Waals surface area contributed by atoms with Crippen LogP contribution in [0.4, 0.5) is 0 Å². The van der Waals surface area contributed by atoms with Gasteiger partial charge in [-0.25, -0.2) is 0 Å². The molecule has 2 aromatic heterocycles.